The molecule has 3 aromatic rings. The smallest absolute Gasteiger partial charge is 0.140 e. The summed E-state index contributed by atoms with van der Waals surface area (Å²) in [5.41, 5.74) is 3.37. The molecule has 2 heterocycles. The molecular weight excluding hydrogens is 332 g/mol. The summed E-state index contributed by atoms with van der Waals surface area (Å²) in [4.78, 5) is 15.0. The Bertz CT molecular complexity index is 874. The number of rotatable bonds is 5. The van der Waals surface area contributed by atoms with Crippen LogP contribution in [-0.4, -0.2) is 28.3 Å². The molecule has 1 saturated heterocycles. The molecular formula is C24H26N2O. The minimum atomic E-state index is -0.309. The third-order valence-corrected chi connectivity index (χ3v) is 5.96. The molecule has 0 unspecified atom stereocenters. The van der Waals surface area contributed by atoms with E-state index in [-0.39, 0.29) is 5.41 Å². The molecule has 1 aliphatic heterocycles. The summed E-state index contributed by atoms with van der Waals surface area (Å²) < 4.78 is 2.12. The maximum absolute atomic E-state index is 12.5. The first kappa shape index (κ1) is 17.7. The van der Waals surface area contributed by atoms with E-state index in [9.17, 15) is 4.79 Å². The van der Waals surface area contributed by atoms with Crippen molar-refractivity contribution in [2.75, 3.05) is 13.1 Å². The zero-order valence-electron chi connectivity index (χ0n) is 15.8. The molecule has 0 atom stereocenters. The van der Waals surface area contributed by atoms with E-state index in [1.165, 1.54) is 16.8 Å². The van der Waals surface area contributed by atoms with Gasteiger partial charge < -0.3 is 4.57 Å². The average Bonchev–Trinajstić information content (AvgIpc) is 3.25. The van der Waals surface area contributed by atoms with Gasteiger partial charge in [0.2, 0.25) is 0 Å². The summed E-state index contributed by atoms with van der Waals surface area (Å²) in [5.74, 6) is 0.296. The van der Waals surface area contributed by atoms with E-state index in [1.54, 1.807) is 6.92 Å². The van der Waals surface area contributed by atoms with Crippen molar-refractivity contribution in [2.45, 2.75) is 31.7 Å². The number of hydrogen-bond acceptors (Lipinski definition) is 2. The first-order valence-electron chi connectivity index (χ1n) is 9.69. The number of nitrogens with zero attached hydrogens (tertiary/aromatic N) is 2. The molecule has 138 valence electrons. The summed E-state index contributed by atoms with van der Waals surface area (Å²) in [6, 6.07) is 23.1. The van der Waals surface area contributed by atoms with Crippen LogP contribution in [0.4, 0.5) is 0 Å². The first-order chi connectivity index (χ1) is 13.2. The van der Waals surface area contributed by atoms with Crippen molar-refractivity contribution in [3.8, 4) is 5.69 Å². The van der Waals surface area contributed by atoms with Gasteiger partial charge in [-0.25, -0.2) is 0 Å². The fraction of sp³-hybridized carbons (Fsp3) is 0.292. The fourth-order valence-corrected chi connectivity index (χ4v) is 4.23. The van der Waals surface area contributed by atoms with Crippen LogP contribution in [0.15, 0.2) is 79.1 Å². The molecule has 0 aliphatic carbocycles. The molecule has 2 aromatic carbocycles. The quantitative estimate of drug-likeness (QED) is 0.666. The van der Waals surface area contributed by atoms with Crippen LogP contribution in [-0.2, 0) is 16.8 Å². The van der Waals surface area contributed by atoms with Gasteiger partial charge in [0, 0.05) is 24.6 Å². The number of hydrogen-bond donors (Lipinski definition) is 0. The van der Waals surface area contributed by atoms with E-state index < -0.39 is 0 Å². The van der Waals surface area contributed by atoms with E-state index >= 15 is 0 Å². The molecule has 0 amide bonds. The summed E-state index contributed by atoms with van der Waals surface area (Å²) >= 11 is 0. The molecule has 0 bridgehead atoms. The Labute approximate surface area is 161 Å². The Hall–Kier alpha value is -2.65. The number of ketones is 1. The van der Waals surface area contributed by atoms with Crippen LogP contribution in [0.2, 0.25) is 0 Å². The monoisotopic (exact) mass is 358 g/mol. The van der Waals surface area contributed by atoms with Gasteiger partial charge in [0.1, 0.15) is 5.78 Å². The highest BCUT2D eigenvalue weighted by Crippen LogP contribution is 2.36. The largest absolute Gasteiger partial charge is 0.324 e. The van der Waals surface area contributed by atoms with Crippen LogP contribution in [0.25, 0.3) is 5.69 Å². The topological polar surface area (TPSA) is 25.2 Å². The molecule has 1 aliphatic rings. The zero-order chi connectivity index (χ0) is 18.7. The number of aromatic nitrogens is 1. The number of benzene rings is 2. The summed E-state index contributed by atoms with van der Waals surface area (Å²) in [6.45, 7) is 4.60. The van der Waals surface area contributed by atoms with Crippen molar-refractivity contribution in [1.82, 2.24) is 9.47 Å². The zero-order valence-corrected chi connectivity index (χ0v) is 15.8. The highest BCUT2D eigenvalue weighted by Gasteiger charge is 2.40. The van der Waals surface area contributed by atoms with Crippen molar-refractivity contribution in [2.24, 2.45) is 0 Å². The van der Waals surface area contributed by atoms with E-state index in [1.807, 2.05) is 30.3 Å². The lowest BCUT2D eigenvalue weighted by atomic mass is 9.70. The van der Waals surface area contributed by atoms with Gasteiger partial charge in [0.05, 0.1) is 5.41 Å². The minimum absolute atomic E-state index is 0.296. The second-order valence-corrected chi connectivity index (χ2v) is 7.54. The fourth-order valence-electron chi connectivity index (χ4n) is 4.23. The van der Waals surface area contributed by atoms with E-state index in [4.69, 9.17) is 0 Å². The van der Waals surface area contributed by atoms with E-state index in [0.717, 1.165) is 32.5 Å². The van der Waals surface area contributed by atoms with Crippen LogP contribution in [0.1, 0.15) is 30.9 Å². The van der Waals surface area contributed by atoms with Gasteiger partial charge >= 0.3 is 0 Å². The second kappa shape index (κ2) is 7.53. The SMILES string of the molecule is CC(=O)C1(c2ccccc2)CCN(Cc2ccc(-n3cccc3)cc2)CC1. The van der Waals surface area contributed by atoms with Crippen molar-refractivity contribution < 1.29 is 4.79 Å². The molecule has 0 saturated carbocycles. The molecule has 0 spiro atoms. The number of piperidine rings is 1. The van der Waals surface area contributed by atoms with Crippen LogP contribution in [0.5, 0.6) is 0 Å². The van der Waals surface area contributed by atoms with Crippen molar-refractivity contribution >= 4 is 5.78 Å². The molecule has 0 N–H and O–H groups in total. The van der Waals surface area contributed by atoms with Gasteiger partial charge in [-0.15, -0.1) is 0 Å². The van der Waals surface area contributed by atoms with Crippen molar-refractivity contribution in [3.63, 3.8) is 0 Å². The third kappa shape index (κ3) is 3.60. The van der Waals surface area contributed by atoms with Gasteiger partial charge in [0.25, 0.3) is 0 Å². The second-order valence-electron chi connectivity index (χ2n) is 7.54. The number of Topliss-reactive ketones (excluding diaryl/α,β-unsaturated/α-hetero) is 1. The third-order valence-electron chi connectivity index (χ3n) is 5.96. The molecule has 3 nitrogen and oxygen atoms in total. The molecule has 1 aromatic heterocycles. The van der Waals surface area contributed by atoms with Crippen molar-refractivity contribution in [1.29, 1.82) is 0 Å². The van der Waals surface area contributed by atoms with E-state index in [0.29, 0.717) is 5.78 Å². The standard InChI is InChI=1S/C24H26N2O/c1-20(27)24(22-7-3-2-4-8-22)13-17-25(18-14-24)19-21-9-11-23(12-10-21)26-15-5-6-16-26/h2-12,15-16H,13-14,17-19H2,1H3. The van der Waals surface area contributed by atoms with Gasteiger partial charge in [-0.2, -0.15) is 0 Å². The molecule has 27 heavy (non-hydrogen) atoms. The lowest BCUT2D eigenvalue weighted by Gasteiger charge is -2.40. The maximum Gasteiger partial charge on any atom is 0.140 e. The number of carbonyl (C=O) groups excluding carboxylic acids is 1. The lowest BCUT2D eigenvalue weighted by Crippen LogP contribution is -2.46. The highest BCUT2D eigenvalue weighted by molar-refractivity contribution is 5.88. The summed E-state index contributed by atoms with van der Waals surface area (Å²) in [5, 5.41) is 0. The predicted molar refractivity (Wildman–Crippen MR) is 109 cm³/mol. The molecule has 1 fully saturated rings. The molecule has 3 heteroatoms. The number of likely N-dealkylation sites (tertiary alicyclic amines) is 1. The average molecular weight is 358 g/mol. The Morgan fingerprint density at radius 3 is 2.11 bits per heavy atom. The Morgan fingerprint density at radius 1 is 0.889 bits per heavy atom. The minimum Gasteiger partial charge on any atom is -0.324 e. The van der Waals surface area contributed by atoms with Gasteiger partial charge in [-0.05, 0) is 68.2 Å². The van der Waals surface area contributed by atoms with Crippen LogP contribution >= 0.6 is 0 Å². The van der Waals surface area contributed by atoms with Crippen molar-refractivity contribution in [3.05, 3.63) is 90.3 Å². The lowest BCUT2D eigenvalue weighted by molar-refractivity contribution is -0.124. The maximum atomic E-state index is 12.5. The van der Waals surface area contributed by atoms with E-state index in [2.05, 4.69) is 58.3 Å². The Morgan fingerprint density at radius 2 is 1.52 bits per heavy atom. The van der Waals surface area contributed by atoms with Crippen LogP contribution in [0, 0.1) is 0 Å². The molecule has 0 radical (unpaired) electrons. The highest BCUT2D eigenvalue weighted by atomic mass is 16.1. The van der Waals surface area contributed by atoms with Crippen LogP contribution in [0.3, 0.4) is 0 Å². The number of carbonyl (C=O) groups is 1. The Balaban J connectivity index is 1.42. The van der Waals surface area contributed by atoms with Gasteiger partial charge in [-0.1, -0.05) is 42.5 Å². The Kier molecular flexibility index (Phi) is 4.95. The normalized spacial score (nSPS) is 16.9. The predicted octanol–water partition coefficient (Wildman–Crippen LogP) is 4.60. The van der Waals surface area contributed by atoms with Crippen LogP contribution < -0.4 is 0 Å². The summed E-state index contributed by atoms with van der Waals surface area (Å²) in [7, 11) is 0. The van der Waals surface area contributed by atoms with Gasteiger partial charge in [0.15, 0.2) is 0 Å². The first-order valence-corrected chi connectivity index (χ1v) is 9.69. The molecule has 4 rings (SSSR count). The van der Waals surface area contributed by atoms with Gasteiger partial charge in [-0.3, -0.25) is 9.69 Å². The summed E-state index contributed by atoms with van der Waals surface area (Å²) in [6.07, 6.45) is 5.91.